The topological polar surface area (TPSA) is 21.7 Å². The van der Waals surface area contributed by atoms with Gasteiger partial charge in [0.15, 0.2) is 11.5 Å². The van der Waals surface area contributed by atoms with Crippen LogP contribution < -0.4 is 9.47 Å². The first-order valence-corrected chi connectivity index (χ1v) is 7.01. The van der Waals surface area contributed by atoms with E-state index in [9.17, 15) is 4.39 Å². The molecule has 1 aliphatic heterocycles. The number of nitrogens with zero attached hydrogens (tertiary/aromatic N) is 1. The van der Waals surface area contributed by atoms with E-state index in [1.165, 1.54) is 6.07 Å². The van der Waals surface area contributed by atoms with E-state index in [4.69, 9.17) is 9.47 Å². The second kappa shape index (κ2) is 6.14. The van der Waals surface area contributed by atoms with Gasteiger partial charge in [-0.2, -0.15) is 0 Å². The maximum atomic E-state index is 13.6. The molecule has 0 N–H and O–H groups in total. The van der Waals surface area contributed by atoms with Crippen LogP contribution in [-0.4, -0.2) is 31.2 Å². The van der Waals surface area contributed by atoms with Gasteiger partial charge in [0.1, 0.15) is 11.9 Å². The summed E-state index contributed by atoms with van der Waals surface area (Å²) in [6.45, 7) is 2.22. The van der Waals surface area contributed by atoms with Crippen LogP contribution in [0.2, 0.25) is 0 Å². The smallest absolute Gasteiger partial charge is 0.161 e. The molecule has 1 fully saturated rings. The lowest BCUT2D eigenvalue weighted by Crippen LogP contribution is -2.53. The number of hydrogen-bond donors (Lipinski definition) is 0. The van der Waals surface area contributed by atoms with Gasteiger partial charge in [0.2, 0.25) is 0 Å². The van der Waals surface area contributed by atoms with Gasteiger partial charge in [-0.1, -0.05) is 30.3 Å². The van der Waals surface area contributed by atoms with Crippen molar-refractivity contribution in [2.75, 3.05) is 20.2 Å². The number of methoxy groups -OCH3 is 1. The lowest BCUT2D eigenvalue weighted by atomic mass is 10.1. The zero-order chi connectivity index (χ0) is 14.7. The lowest BCUT2D eigenvalue weighted by molar-refractivity contribution is 0.0125. The monoisotopic (exact) mass is 287 g/mol. The second-order valence-electron chi connectivity index (χ2n) is 5.18. The maximum absolute atomic E-state index is 13.6. The maximum Gasteiger partial charge on any atom is 0.161 e. The van der Waals surface area contributed by atoms with E-state index in [2.05, 4.69) is 4.90 Å². The molecule has 0 atom stereocenters. The fraction of sp³-hybridized carbons (Fsp3) is 0.294. The fourth-order valence-corrected chi connectivity index (χ4v) is 2.49. The normalized spacial score (nSPS) is 15.5. The van der Waals surface area contributed by atoms with Crippen molar-refractivity contribution in [2.45, 2.75) is 12.6 Å². The predicted octanol–water partition coefficient (Wildman–Crippen LogP) is 3.10. The summed E-state index contributed by atoms with van der Waals surface area (Å²) >= 11 is 0. The summed E-state index contributed by atoms with van der Waals surface area (Å²) in [6, 6.07) is 14.5. The average Bonchev–Trinajstić information content (AvgIpc) is 2.47. The highest BCUT2D eigenvalue weighted by Crippen LogP contribution is 2.29. The van der Waals surface area contributed by atoms with Gasteiger partial charge in [-0.3, -0.25) is 4.90 Å². The molecule has 0 aromatic heterocycles. The molecular formula is C17H18FNO2. The highest BCUT2D eigenvalue weighted by Gasteiger charge is 2.29. The summed E-state index contributed by atoms with van der Waals surface area (Å²) in [5.74, 6) is 1.35. The molecule has 2 aromatic carbocycles. The van der Waals surface area contributed by atoms with E-state index in [0.717, 1.165) is 30.2 Å². The summed E-state index contributed by atoms with van der Waals surface area (Å²) in [5, 5.41) is 0. The molecule has 1 heterocycles. The van der Waals surface area contributed by atoms with Crippen molar-refractivity contribution in [3.63, 3.8) is 0 Å². The molecule has 1 aliphatic rings. The first kappa shape index (κ1) is 13.9. The van der Waals surface area contributed by atoms with Crippen LogP contribution in [0.5, 0.6) is 11.5 Å². The summed E-state index contributed by atoms with van der Waals surface area (Å²) < 4.78 is 24.8. The Morgan fingerprint density at radius 2 is 1.71 bits per heavy atom. The molecule has 0 aliphatic carbocycles. The third-order valence-corrected chi connectivity index (χ3v) is 3.64. The van der Waals surface area contributed by atoms with Crippen molar-refractivity contribution < 1.29 is 13.9 Å². The minimum atomic E-state index is -0.147. The molecule has 0 saturated carbocycles. The molecule has 0 radical (unpaired) electrons. The Morgan fingerprint density at radius 3 is 2.43 bits per heavy atom. The van der Waals surface area contributed by atoms with Crippen LogP contribution in [0.1, 0.15) is 5.56 Å². The summed E-state index contributed by atoms with van der Waals surface area (Å²) in [6.07, 6.45) is 0.132. The summed E-state index contributed by atoms with van der Waals surface area (Å²) in [5.41, 5.74) is 0.730. The molecule has 0 unspecified atom stereocenters. The van der Waals surface area contributed by atoms with Gasteiger partial charge in [-0.15, -0.1) is 0 Å². The Kier molecular flexibility index (Phi) is 4.06. The Hall–Kier alpha value is -2.07. The number of halogens is 1. The molecule has 0 spiro atoms. The molecule has 4 heteroatoms. The molecule has 0 amide bonds. The lowest BCUT2D eigenvalue weighted by Gasteiger charge is -2.39. The van der Waals surface area contributed by atoms with E-state index in [1.807, 2.05) is 36.4 Å². The molecular weight excluding hydrogens is 269 g/mol. The molecule has 2 aromatic rings. The summed E-state index contributed by atoms with van der Waals surface area (Å²) in [7, 11) is 1.63. The Labute approximate surface area is 123 Å². The van der Waals surface area contributed by atoms with Gasteiger partial charge in [0, 0.05) is 25.2 Å². The standard InChI is InChI=1S/C17H18FNO2/c1-20-16-8-4-5-9-17(16)21-14-11-19(12-14)10-13-6-2-3-7-15(13)18/h2-9,14H,10-12H2,1H3. The van der Waals surface area contributed by atoms with E-state index >= 15 is 0 Å². The third kappa shape index (κ3) is 3.16. The van der Waals surface area contributed by atoms with E-state index in [1.54, 1.807) is 13.2 Å². The number of para-hydroxylation sites is 2. The van der Waals surface area contributed by atoms with Crippen LogP contribution in [0, 0.1) is 5.82 Å². The number of rotatable bonds is 5. The van der Waals surface area contributed by atoms with Gasteiger partial charge in [0.25, 0.3) is 0 Å². The molecule has 21 heavy (non-hydrogen) atoms. The minimum absolute atomic E-state index is 0.132. The third-order valence-electron chi connectivity index (χ3n) is 3.64. The van der Waals surface area contributed by atoms with Crippen molar-refractivity contribution >= 4 is 0 Å². The van der Waals surface area contributed by atoms with Gasteiger partial charge in [0.05, 0.1) is 7.11 Å². The van der Waals surface area contributed by atoms with Crippen LogP contribution >= 0.6 is 0 Å². The van der Waals surface area contributed by atoms with Crippen molar-refractivity contribution in [3.05, 3.63) is 59.9 Å². The second-order valence-corrected chi connectivity index (χ2v) is 5.18. The van der Waals surface area contributed by atoms with Crippen LogP contribution in [0.4, 0.5) is 4.39 Å². The van der Waals surface area contributed by atoms with Crippen LogP contribution in [0.15, 0.2) is 48.5 Å². The first-order valence-electron chi connectivity index (χ1n) is 7.01. The minimum Gasteiger partial charge on any atom is -0.493 e. The van der Waals surface area contributed by atoms with Crippen LogP contribution in [0.25, 0.3) is 0 Å². The zero-order valence-electron chi connectivity index (χ0n) is 12.0. The van der Waals surface area contributed by atoms with Crippen LogP contribution in [-0.2, 0) is 6.54 Å². The van der Waals surface area contributed by atoms with Crippen molar-refractivity contribution in [2.24, 2.45) is 0 Å². The fourth-order valence-electron chi connectivity index (χ4n) is 2.49. The number of hydrogen-bond acceptors (Lipinski definition) is 3. The van der Waals surface area contributed by atoms with Gasteiger partial charge in [-0.25, -0.2) is 4.39 Å². The highest BCUT2D eigenvalue weighted by atomic mass is 19.1. The Bertz CT molecular complexity index is 611. The van der Waals surface area contributed by atoms with E-state index in [0.29, 0.717) is 6.54 Å². The Balaban J connectivity index is 1.53. The quantitative estimate of drug-likeness (QED) is 0.843. The zero-order valence-corrected chi connectivity index (χ0v) is 12.0. The largest absolute Gasteiger partial charge is 0.493 e. The molecule has 3 rings (SSSR count). The van der Waals surface area contributed by atoms with Gasteiger partial charge < -0.3 is 9.47 Å². The van der Waals surface area contributed by atoms with Gasteiger partial charge >= 0.3 is 0 Å². The van der Waals surface area contributed by atoms with Crippen molar-refractivity contribution in [1.29, 1.82) is 0 Å². The van der Waals surface area contributed by atoms with Crippen molar-refractivity contribution in [3.8, 4) is 11.5 Å². The molecule has 3 nitrogen and oxygen atoms in total. The van der Waals surface area contributed by atoms with E-state index < -0.39 is 0 Å². The first-order chi connectivity index (χ1) is 10.3. The number of benzene rings is 2. The number of ether oxygens (including phenoxy) is 2. The summed E-state index contributed by atoms with van der Waals surface area (Å²) in [4.78, 5) is 2.17. The van der Waals surface area contributed by atoms with Crippen LogP contribution in [0.3, 0.4) is 0 Å². The molecule has 110 valence electrons. The molecule has 1 saturated heterocycles. The predicted molar refractivity (Wildman–Crippen MR) is 79.1 cm³/mol. The Morgan fingerprint density at radius 1 is 1.05 bits per heavy atom. The SMILES string of the molecule is COc1ccccc1OC1CN(Cc2ccccc2F)C1. The van der Waals surface area contributed by atoms with Gasteiger partial charge in [-0.05, 0) is 18.2 Å². The van der Waals surface area contributed by atoms with Crippen molar-refractivity contribution in [1.82, 2.24) is 4.90 Å². The highest BCUT2D eigenvalue weighted by molar-refractivity contribution is 5.39. The number of likely N-dealkylation sites (tertiary alicyclic amines) is 1. The van der Waals surface area contributed by atoms with E-state index in [-0.39, 0.29) is 11.9 Å². The molecule has 0 bridgehead atoms. The average molecular weight is 287 g/mol.